The Hall–Kier alpha value is -0.990. The van der Waals surface area contributed by atoms with E-state index in [0.29, 0.717) is 5.92 Å². The molecule has 0 bridgehead atoms. The quantitative estimate of drug-likeness (QED) is 0.802. The Morgan fingerprint density at radius 3 is 2.57 bits per heavy atom. The van der Waals surface area contributed by atoms with Gasteiger partial charge in [-0.05, 0) is 18.8 Å². The van der Waals surface area contributed by atoms with Crippen LogP contribution in [0.2, 0.25) is 0 Å². The third-order valence-electron chi connectivity index (χ3n) is 2.36. The molecule has 1 heterocycles. The van der Waals surface area contributed by atoms with Crippen LogP contribution in [0, 0.1) is 5.92 Å². The maximum absolute atomic E-state index is 9.62. The highest BCUT2D eigenvalue weighted by Crippen LogP contribution is 2.23. The minimum absolute atomic E-state index is 0.213. The summed E-state index contributed by atoms with van der Waals surface area (Å²) in [7, 11) is 1.90. The first-order valence-electron chi connectivity index (χ1n) is 5.30. The molecule has 0 aliphatic rings. The van der Waals surface area contributed by atoms with Crippen LogP contribution in [0.4, 0.5) is 0 Å². The summed E-state index contributed by atoms with van der Waals surface area (Å²) in [6.07, 6.45) is 2.95. The molecule has 0 spiro atoms. The highest BCUT2D eigenvalue weighted by molar-refractivity contribution is 5.30. The fraction of sp³-hybridized carbons (Fsp3) is 0.727. The third kappa shape index (κ3) is 2.28. The van der Waals surface area contributed by atoms with Gasteiger partial charge in [0.15, 0.2) is 0 Å². The van der Waals surface area contributed by atoms with E-state index in [1.807, 2.05) is 7.05 Å². The van der Waals surface area contributed by atoms with Gasteiger partial charge in [-0.2, -0.15) is 0 Å². The highest BCUT2D eigenvalue weighted by Gasteiger charge is 2.15. The van der Waals surface area contributed by atoms with E-state index in [-0.39, 0.29) is 5.88 Å². The van der Waals surface area contributed by atoms with Gasteiger partial charge in [-0.1, -0.05) is 27.2 Å². The van der Waals surface area contributed by atoms with Gasteiger partial charge in [0.1, 0.15) is 0 Å². The number of aromatic nitrogens is 2. The second-order valence-electron chi connectivity index (χ2n) is 4.22. The van der Waals surface area contributed by atoms with Gasteiger partial charge < -0.3 is 5.11 Å². The number of hydrogen-bond donors (Lipinski definition) is 1. The van der Waals surface area contributed by atoms with Crippen LogP contribution >= 0.6 is 0 Å². The molecule has 0 saturated heterocycles. The average molecular weight is 196 g/mol. The molecule has 3 nitrogen and oxygen atoms in total. The van der Waals surface area contributed by atoms with Crippen LogP contribution in [0.5, 0.6) is 5.88 Å². The van der Waals surface area contributed by atoms with Crippen molar-refractivity contribution in [1.82, 2.24) is 9.78 Å². The zero-order chi connectivity index (χ0) is 10.7. The van der Waals surface area contributed by atoms with Crippen LogP contribution < -0.4 is 0 Å². The molecule has 0 fully saturated rings. The first kappa shape index (κ1) is 11.1. The van der Waals surface area contributed by atoms with Crippen molar-refractivity contribution in [3.05, 3.63) is 11.3 Å². The number of nitrogens with zero attached hydrogens (tertiary/aromatic N) is 2. The zero-order valence-corrected chi connectivity index (χ0v) is 9.54. The van der Waals surface area contributed by atoms with E-state index in [2.05, 4.69) is 25.9 Å². The lowest BCUT2D eigenvalue weighted by Crippen LogP contribution is -2.04. The molecule has 1 N–H and O–H groups in total. The maximum atomic E-state index is 9.62. The summed E-state index contributed by atoms with van der Waals surface area (Å²) in [5.74, 6) is 0.811. The van der Waals surface area contributed by atoms with Crippen LogP contribution in [-0.4, -0.2) is 14.9 Å². The first-order valence-corrected chi connectivity index (χ1v) is 5.30. The Bertz CT molecular complexity index is 302. The van der Waals surface area contributed by atoms with Crippen molar-refractivity contribution in [1.29, 1.82) is 0 Å². The summed E-state index contributed by atoms with van der Waals surface area (Å²) in [6, 6.07) is 0. The molecular formula is C11H20N2O. The zero-order valence-electron chi connectivity index (χ0n) is 9.54. The van der Waals surface area contributed by atoms with Gasteiger partial charge in [0.2, 0.25) is 5.88 Å². The molecule has 0 amide bonds. The van der Waals surface area contributed by atoms with Crippen LogP contribution in [0.1, 0.15) is 38.4 Å². The van der Waals surface area contributed by atoms with Crippen molar-refractivity contribution in [3.8, 4) is 5.88 Å². The molecule has 0 radical (unpaired) electrons. The molecule has 1 aromatic heterocycles. The van der Waals surface area contributed by atoms with Gasteiger partial charge in [-0.15, -0.1) is 5.10 Å². The van der Waals surface area contributed by atoms with Gasteiger partial charge >= 0.3 is 0 Å². The summed E-state index contributed by atoms with van der Waals surface area (Å²) in [5.41, 5.74) is 2.21. The Morgan fingerprint density at radius 1 is 1.43 bits per heavy atom. The largest absolute Gasteiger partial charge is 0.492 e. The molecular weight excluding hydrogens is 176 g/mol. The lowest BCUT2D eigenvalue weighted by molar-refractivity contribution is 0.438. The molecule has 14 heavy (non-hydrogen) atoms. The van der Waals surface area contributed by atoms with Gasteiger partial charge in [0.25, 0.3) is 0 Å². The molecule has 1 aromatic rings. The van der Waals surface area contributed by atoms with E-state index >= 15 is 0 Å². The second-order valence-corrected chi connectivity index (χ2v) is 4.22. The Morgan fingerprint density at radius 2 is 2.07 bits per heavy atom. The molecule has 0 aliphatic carbocycles. The van der Waals surface area contributed by atoms with Crippen molar-refractivity contribution in [3.63, 3.8) is 0 Å². The van der Waals surface area contributed by atoms with Gasteiger partial charge in [0, 0.05) is 18.3 Å². The molecule has 0 atom stereocenters. The monoisotopic (exact) mass is 196 g/mol. The summed E-state index contributed by atoms with van der Waals surface area (Å²) >= 11 is 0. The van der Waals surface area contributed by atoms with Crippen molar-refractivity contribution >= 4 is 0 Å². The molecule has 1 rings (SSSR count). The van der Waals surface area contributed by atoms with Crippen molar-refractivity contribution in [2.75, 3.05) is 0 Å². The lowest BCUT2D eigenvalue weighted by atomic mass is 10.0. The van der Waals surface area contributed by atoms with E-state index in [1.165, 1.54) is 5.69 Å². The number of hydrogen-bond acceptors (Lipinski definition) is 2. The molecule has 0 aliphatic heterocycles. The standard InChI is InChI=1S/C11H20N2O/c1-5-6-9-10(7-8(2)3)13(4)12-11(9)14/h8H,5-7H2,1-4H3,(H,12,14). The fourth-order valence-corrected chi connectivity index (χ4v) is 1.74. The number of rotatable bonds is 4. The summed E-state index contributed by atoms with van der Waals surface area (Å²) in [4.78, 5) is 0. The van der Waals surface area contributed by atoms with Gasteiger partial charge in [-0.25, -0.2) is 0 Å². The fourth-order valence-electron chi connectivity index (χ4n) is 1.74. The number of aryl methyl sites for hydroxylation is 1. The van der Waals surface area contributed by atoms with Crippen LogP contribution in [-0.2, 0) is 19.9 Å². The van der Waals surface area contributed by atoms with Crippen LogP contribution in [0.3, 0.4) is 0 Å². The Kier molecular flexibility index (Phi) is 3.55. The predicted molar refractivity (Wildman–Crippen MR) is 57.4 cm³/mol. The summed E-state index contributed by atoms with van der Waals surface area (Å²) < 4.78 is 1.81. The van der Waals surface area contributed by atoms with Crippen molar-refractivity contribution in [2.24, 2.45) is 13.0 Å². The summed E-state index contributed by atoms with van der Waals surface area (Å²) in [5, 5.41) is 13.7. The third-order valence-corrected chi connectivity index (χ3v) is 2.36. The first-order chi connectivity index (χ1) is 6.56. The van der Waals surface area contributed by atoms with Crippen LogP contribution in [0.15, 0.2) is 0 Å². The Labute approximate surface area is 85.8 Å². The topological polar surface area (TPSA) is 38.1 Å². The minimum atomic E-state index is 0.213. The van der Waals surface area contributed by atoms with Gasteiger partial charge in [0.05, 0.1) is 0 Å². The van der Waals surface area contributed by atoms with E-state index < -0.39 is 0 Å². The van der Waals surface area contributed by atoms with Crippen molar-refractivity contribution < 1.29 is 5.11 Å². The molecule has 0 saturated carbocycles. The normalized spacial score (nSPS) is 11.2. The van der Waals surface area contributed by atoms with Gasteiger partial charge in [-0.3, -0.25) is 4.68 Å². The number of aromatic hydroxyl groups is 1. The average Bonchev–Trinajstić information content (AvgIpc) is 2.31. The molecule has 0 aromatic carbocycles. The molecule has 0 unspecified atom stereocenters. The maximum Gasteiger partial charge on any atom is 0.233 e. The molecule has 3 heteroatoms. The highest BCUT2D eigenvalue weighted by atomic mass is 16.3. The van der Waals surface area contributed by atoms with E-state index in [0.717, 1.165) is 24.8 Å². The van der Waals surface area contributed by atoms with Crippen molar-refractivity contribution in [2.45, 2.75) is 40.0 Å². The van der Waals surface area contributed by atoms with E-state index in [4.69, 9.17) is 0 Å². The Balaban J connectivity index is 2.98. The SMILES string of the molecule is CCCc1c(O)nn(C)c1CC(C)C. The van der Waals surface area contributed by atoms with E-state index in [1.54, 1.807) is 4.68 Å². The minimum Gasteiger partial charge on any atom is -0.492 e. The predicted octanol–water partition coefficient (Wildman–Crippen LogP) is 2.28. The molecule has 80 valence electrons. The lowest BCUT2D eigenvalue weighted by Gasteiger charge is -2.07. The van der Waals surface area contributed by atoms with E-state index in [9.17, 15) is 5.11 Å². The smallest absolute Gasteiger partial charge is 0.233 e. The van der Waals surface area contributed by atoms with Crippen LogP contribution in [0.25, 0.3) is 0 Å². The summed E-state index contributed by atoms with van der Waals surface area (Å²) in [6.45, 7) is 6.48. The second kappa shape index (κ2) is 4.49.